The standard InChI is InChI=1S/C24H31N3O5S/c1-4-7-25-19-27-15-12(33-19)8-20(2,3)14-17(29)24(31)23-13(21(14,15)10-32-24)6-5-11(16(23)28)22(9-26-22)18(23)30/h4,11,13-14,16-17,26,28-29,31H,1,5-10H2,2-3H3,(H,25,27)/t11-,13+,14-,16-,17+,21+,22?,23-,24+/m1/s1. The highest BCUT2D eigenvalue weighted by atomic mass is 32.1. The number of thiazole rings is 1. The summed E-state index contributed by atoms with van der Waals surface area (Å²) in [5.41, 5.74) is -2.60. The highest BCUT2D eigenvalue weighted by Crippen LogP contribution is 2.77. The summed E-state index contributed by atoms with van der Waals surface area (Å²) in [4.78, 5) is 20.3. The molecule has 5 N–H and O–H groups in total. The number of rotatable bonds is 3. The van der Waals surface area contributed by atoms with Gasteiger partial charge >= 0.3 is 0 Å². The second-order valence-corrected chi connectivity index (χ2v) is 12.9. The van der Waals surface area contributed by atoms with Crippen molar-refractivity contribution in [1.82, 2.24) is 10.3 Å². The number of anilines is 1. The summed E-state index contributed by atoms with van der Waals surface area (Å²) in [6.07, 6.45) is 1.53. The Bertz CT molecular complexity index is 1100. The molecule has 1 aromatic rings. The number of Topliss-reactive ketones (excluding diaryl/α,β-unsaturated/α-hetero) is 1. The van der Waals surface area contributed by atoms with Crippen LogP contribution in [0.2, 0.25) is 0 Å². The summed E-state index contributed by atoms with van der Waals surface area (Å²) < 4.78 is 6.15. The van der Waals surface area contributed by atoms with Gasteiger partial charge in [-0.1, -0.05) is 19.9 Å². The van der Waals surface area contributed by atoms with E-state index in [9.17, 15) is 20.1 Å². The number of hydrogen-bond donors (Lipinski definition) is 5. The van der Waals surface area contributed by atoms with Crippen LogP contribution in [0.3, 0.4) is 0 Å². The van der Waals surface area contributed by atoms with Crippen molar-refractivity contribution in [2.75, 3.05) is 25.0 Å². The topological polar surface area (TPSA) is 134 Å². The first kappa shape index (κ1) is 21.0. The van der Waals surface area contributed by atoms with Gasteiger partial charge < -0.3 is 30.7 Å². The number of aliphatic hydroxyl groups excluding tert-OH is 2. The van der Waals surface area contributed by atoms with Gasteiger partial charge in [-0.25, -0.2) is 4.98 Å². The van der Waals surface area contributed by atoms with Crippen molar-refractivity contribution in [2.45, 2.75) is 62.1 Å². The number of hydrogen-bond acceptors (Lipinski definition) is 9. The lowest BCUT2D eigenvalue weighted by Gasteiger charge is -2.73. The lowest BCUT2D eigenvalue weighted by atomic mass is 9.36. The van der Waals surface area contributed by atoms with E-state index in [1.165, 1.54) is 0 Å². The Balaban J connectivity index is 1.50. The van der Waals surface area contributed by atoms with Gasteiger partial charge in [-0.2, -0.15) is 0 Å². The molecular weight excluding hydrogens is 442 g/mol. The highest BCUT2D eigenvalue weighted by molar-refractivity contribution is 7.15. The fourth-order valence-electron chi connectivity index (χ4n) is 9.10. The molecule has 178 valence electrons. The summed E-state index contributed by atoms with van der Waals surface area (Å²) in [6, 6.07) is 0. The fourth-order valence-corrected chi connectivity index (χ4v) is 10.4. The first-order valence-electron chi connectivity index (χ1n) is 12.0. The lowest BCUT2D eigenvalue weighted by molar-refractivity contribution is -0.429. The predicted molar refractivity (Wildman–Crippen MR) is 121 cm³/mol. The van der Waals surface area contributed by atoms with E-state index in [0.29, 0.717) is 25.9 Å². The normalized spacial score (nSPS) is 52.3. The van der Waals surface area contributed by atoms with Crippen molar-refractivity contribution in [3.8, 4) is 0 Å². The van der Waals surface area contributed by atoms with Gasteiger partial charge in [0.15, 0.2) is 10.9 Å². The maximum absolute atomic E-state index is 14.2. The van der Waals surface area contributed by atoms with E-state index in [1.807, 2.05) is 0 Å². The lowest BCUT2D eigenvalue weighted by Crippen LogP contribution is -2.85. The summed E-state index contributed by atoms with van der Waals surface area (Å²) in [5, 5.41) is 42.9. The molecule has 33 heavy (non-hydrogen) atoms. The number of aromatic nitrogens is 1. The first-order chi connectivity index (χ1) is 15.6. The SMILES string of the molecule is C=CCNc1nc2c(s1)CC(C)(C)[C@H]1[C@H](O)[C@]3(O)OC[C@@]21[C@@H]1CC[C@@H]2[C@@H](O)[C@@]13C(=O)C21CN1. The van der Waals surface area contributed by atoms with Crippen molar-refractivity contribution in [2.24, 2.45) is 28.6 Å². The Morgan fingerprint density at radius 3 is 2.79 bits per heavy atom. The Labute approximate surface area is 196 Å². The van der Waals surface area contributed by atoms with Gasteiger partial charge in [0.2, 0.25) is 5.79 Å². The number of nitrogens with zero attached hydrogens (tertiary/aromatic N) is 1. The molecule has 4 aliphatic carbocycles. The minimum absolute atomic E-state index is 0.181. The second kappa shape index (κ2) is 5.88. The molecule has 8 rings (SSSR count). The van der Waals surface area contributed by atoms with Crippen LogP contribution in [0.4, 0.5) is 5.13 Å². The number of fused-ring (bicyclic) bond motifs is 4. The van der Waals surface area contributed by atoms with E-state index in [0.717, 1.165) is 22.1 Å². The molecule has 3 saturated carbocycles. The number of ether oxygens (including phenoxy) is 1. The second-order valence-electron chi connectivity index (χ2n) is 11.8. The molecule has 3 saturated heterocycles. The molecular formula is C24H31N3O5S. The maximum atomic E-state index is 14.2. The third kappa shape index (κ3) is 1.95. The molecule has 0 aromatic carbocycles. The average molecular weight is 474 g/mol. The van der Waals surface area contributed by atoms with Gasteiger partial charge in [-0.15, -0.1) is 17.9 Å². The summed E-state index contributed by atoms with van der Waals surface area (Å²) in [7, 11) is 0. The maximum Gasteiger partial charge on any atom is 0.208 e. The van der Waals surface area contributed by atoms with Gasteiger partial charge in [0, 0.05) is 35.2 Å². The van der Waals surface area contributed by atoms with E-state index < -0.39 is 34.4 Å². The Hall–Kier alpha value is -1.36. The van der Waals surface area contributed by atoms with Gasteiger partial charge in [0.05, 0.1) is 23.9 Å². The largest absolute Gasteiger partial charge is 0.391 e. The summed E-state index contributed by atoms with van der Waals surface area (Å²) in [6.45, 7) is 9.31. The smallest absolute Gasteiger partial charge is 0.208 e. The van der Waals surface area contributed by atoms with Crippen molar-refractivity contribution in [3.63, 3.8) is 0 Å². The van der Waals surface area contributed by atoms with Gasteiger partial charge in [0.25, 0.3) is 0 Å². The van der Waals surface area contributed by atoms with Crippen LogP contribution in [0.15, 0.2) is 12.7 Å². The van der Waals surface area contributed by atoms with Gasteiger partial charge in [0.1, 0.15) is 11.5 Å². The Morgan fingerprint density at radius 1 is 1.33 bits per heavy atom. The number of aliphatic hydroxyl groups is 3. The zero-order valence-electron chi connectivity index (χ0n) is 18.9. The van der Waals surface area contributed by atoms with Crippen molar-refractivity contribution < 1.29 is 24.9 Å². The number of nitrogens with one attached hydrogen (secondary N) is 2. The molecule has 6 fully saturated rings. The van der Waals surface area contributed by atoms with E-state index in [1.54, 1.807) is 17.4 Å². The van der Waals surface area contributed by atoms with Crippen LogP contribution in [0.5, 0.6) is 0 Å². The molecule has 4 bridgehead atoms. The molecule has 4 heterocycles. The van der Waals surface area contributed by atoms with Crippen LogP contribution in [-0.2, 0) is 21.4 Å². The first-order valence-corrected chi connectivity index (χ1v) is 12.8. The monoisotopic (exact) mass is 473 g/mol. The molecule has 7 aliphatic rings. The van der Waals surface area contributed by atoms with Crippen LogP contribution in [0, 0.1) is 28.6 Å². The van der Waals surface area contributed by atoms with E-state index in [4.69, 9.17) is 9.72 Å². The van der Waals surface area contributed by atoms with Crippen molar-refractivity contribution in [3.05, 3.63) is 23.2 Å². The fraction of sp³-hybridized carbons (Fsp3) is 0.750. The van der Waals surface area contributed by atoms with E-state index in [-0.39, 0.29) is 35.6 Å². The third-order valence-electron chi connectivity index (χ3n) is 10.1. The Morgan fingerprint density at radius 2 is 2.09 bits per heavy atom. The molecule has 1 unspecified atom stereocenters. The van der Waals surface area contributed by atoms with Crippen LogP contribution in [0.25, 0.3) is 0 Å². The number of ketones is 1. The third-order valence-corrected chi connectivity index (χ3v) is 11.2. The zero-order valence-corrected chi connectivity index (χ0v) is 19.7. The molecule has 0 radical (unpaired) electrons. The van der Waals surface area contributed by atoms with Crippen molar-refractivity contribution >= 4 is 22.3 Å². The van der Waals surface area contributed by atoms with Crippen LogP contribution in [0.1, 0.15) is 37.3 Å². The summed E-state index contributed by atoms with van der Waals surface area (Å²) in [5.74, 6) is -3.26. The number of carbonyl (C=O) groups excluding carboxylic acids is 1. The molecule has 3 spiro atoms. The zero-order chi connectivity index (χ0) is 23.2. The highest BCUT2D eigenvalue weighted by Gasteiger charge is 2.90. The quantitative estimate of drug-likeness (QED) is 0.318. The van der Waals surface area contributed by atoms with Crippen molar-refractivity contribution in [1.29, 1.82) is 0 Å². The van der Waals surface area contributed by atoms with Gasteiger partial charge in [-0.05, 0) is 30.6 Å². The van der Waals surface area contributed by atoms with E-state index in [2.05, 4.69) is 31.1 Å². The molecule has 9 heteroatoms. The molecule has 1 aromatic heterocycles. The average Bonchev–Trinajstić information content (AvgIpc) is 3.45. The Kier molecular flexibility index (Phi) is 3.74. The molecule has 0 amide bonds. The molecule has 9 atom stereocenters. The van der Waals surface area contributed by atoms with Gasteiger partial charge in [-0.3, -0.25) is 4.79 Å². The minimum atomic E-state index is -2.11. The predicted octanol–water partition coefficient (Wildman–Crippen LogP) is 0.569. The molecule has 8 nitrogen and oxygen atoms in total. The minimum Gasteiger partial charge on any atom is -0.391 e. The number of carbonyl (C=O) groups is 1. The van der Waals surface area contributed by atoms with Crippen LogP contribution >= 0.6 is 11.3 Å². The molecule has 3 aliphatic heterocycles. The van der Waals surface area contributed by atoms with Crippen LogP contribution in [-0.4, -0.2) is 69.3 Å². The summed E-state index contributed by atoms with van der Waals surface area (Å²) >= 11 is 1.61. The van der Waals surface area contributed by atoms with Crippen LogP contribution < -0.4 is 10.6 Å². The van der Waals surface area contributed by atoms with E-state index >= 15 is 0 Å².